The third-order valence-electron chi connectivity index (χ3n) is 3.93. The molecule has 0 aliphatic heterocycles. The molecule has 3 aromatic rings. The molecule has 0 fully saturated rings. The number of hydrogen-bond acceptors (Lipinski definition) is 6. The van der Waals surface area contributed by atoms with Gasteiger partial charge in [0.1, 0.15) is 11.3 Å². The van der Waals surface area contributed by atoms with E-state index < -0.39 is 0 Å². The first kappa shape index (κ1) is 16.7. The van der Waals surface area contributed by atoms with Gasteiger partial charge < -0.3 is 9.15 Å². The molecule has 0 aliphatic rings. The lowest BCUT2D eigenvalue weighted by Crippen LogP contribution is -2.21. The Morgan fingerprint density at radius 2 is 2.21 bits per heavy atom. The number of carbonyl (C=O) groups is 1. The smallest absolute Gasteiger partial charge is 0.367 e. The zero-order valence-corrected chi connectivity index (χ0v) is 14.8. The van der Waals surface area contributed by atoms with Gasteiger partial charge in [-0.05, 0) is 33.0 Å². The zero-order chi connectivity index (χ0) is 17.1. The lowest BCUT2D eigenvalue weighted by atomic mass is 10.2. The van der Waals surface area contributed by atoms with Crippen LogP contribution in [-0.2, 0) is 11.3 Å². The summed E-state index contributed by atoms with van der Waals surface area (Å²) >= 11 is 1.32. The SMILES string of the molecule is CCOC(=O)c1nc(CN(C)C(C)c2cc3ccccc3o2)cs1. The van der Waals surface area contributed by atoms with E-state index in [0.717, 1.165) is 22.4 Å². The molecule has 2 aromatic heterocycles. The molecule has 2 heterocycles. The highest BCUT2D eigenvalue weighted by molar-refractivity contribution is 7.11. The number of hydrogen-bond donors (Lipinski definition) is 0. The summed E-state index contributed by atoms with van der Waals surface area (Å²) in [4.78, 5) is 18.2. The summed E-state index contributed by atoms with van der Waals surface area (Å²) in [6.45, 7) is 4.87. The molecule has 1 unspecified atom stereocenters. The summed E-state index contributed by atoms with van der Waals surface area (Å²) in [6, 6.07) is 10.2. The zero-order valence-electron chi connectivity index (χ0n) is 14.0. The van der Waals surface area contributed by atoms with Crippen molar-refractivity contribution in [3.05, 3.63) is 52.2 Å². The van der Waals surface area contributed by atoms with Gasteiger partial charge in [0, 0.05) is 17.3 Å². The van der Waals surface area contributed by atoms with Gasteiger partial charge in [-0.15, -0.1) is 11.3 Å². The van der Waals surface area contributed by atoms with E-state index in [1.165, 1.54) is 11.3 Å². The number of furan rings is 1. The summed E-state index contributed by atoms with van der Waals surface area (Å²) in [5, 5.41) is 3.40. The Balaban J connectivity index is 1.69. The van der Waals surface area contributed by atoms with Crippen molar-refractivity contribution in [1.82, 2.24) is 9.88 Å². The van der Waals surface area contributed by atoms with E-state index in [9.17, 15) is 4.79 Å². The molecule has 0 radical (unpaired) electrons. The van der Waals surface area contributed by atoms with Crippen molar-refractivity contribution in [2.24, 2.45) is 0 Å². The van der Waals surface area contributed by atoms with E-state index >= 15 is 0 Å². The Morgan fingerprint density at radius 1 is 1.42 bits per heavy atom. The number of para-hydroxylation sites is 1. The summed E-state index contributed by atoms with van der Waals surface area (Å²) in [6.07, 6.45) is 0. The van der Waals surface area contributed by atoms with Crippen LogP contribution in [0, 0.1) is 0 Å². The van der Waals surface area contributed by atoms with Gasteiger partial charge in [0.05, 0.1) is 18.3 Å². The van der Waals surface area contributed by atoms with Gasteiger partial charge in [0.2, 0.25) is 5.01 Å². The van der Waals surface area contributed by atoms with Crippen molar-refractivity contribution >= 4 is 28.3 Å². The molecule has 1 atom stereocenters. The largest absolute Gasteiger partial charge is 0.461 e. The molecule has 24 heavy (non-hydrogen) atoms. The van der Waals surface area contributed by atoms with Crippen LogP contribution in [0.15, 0.2) is 40.1 Å². The second kappa shape index (κ2) is 7.15. The molecular formula is C18H20N2O3S. The van der Waals surface area contributed by atoms with Gasteiger partial charge >= 0.3 is 5.97 Å². The summed E-state index contributed by atoms with van der Waals surface area (Å²) in [5.41, 5.74) is 1.75. The Bertz CT molecular complexity index is 807. The van der Waals surface area contributed by atoms with Gasteiger partial charge in [-0.2, -0.15) is 0 Å². The Morgan fingerprint density at radius 3 is 2.96 bits per heavy atom. The van der Waals surface area contributed by atoms with Crippen LogP contribution in [0.5, 0.6) is 0 Å². The first-order valence-electron chi connectivity index (χ1n) is 7.88. The number of fused-ring (bicyclic) bond motifs is 1. The quantitative estimate of drug-likeness (QED) is 0.625. The summed E-state index contributed by atoms with van der Waals surface area (Å²) < 4.78 is 10.9. The molecule has 6 heteroatoms. The summed E-state index contributed by atoms with van der Waals surface area (Å²) in [5.74, 6) is 0.557. The van der Waals surface area contributed by atoms with Gasteiger partial charge in [-0.25, -0.2) is 9.78 Å². The minimum absolute atomic E-state index is 0.102. The fourth-order valence-electron chi connectivity index (χ4n) is 2.48. The normalized spacial score (nSPS) is 12.7. The minimum Gasteiger partial charge on any atom is -0.461 e. The van der Waals surface area contributed by atoms with E-state index in [1.807, 2.05) is 36.7 Å². The monoisotopic (exact) mass is 344 g/mol. The van der Waals surface area contributed by atoms with Crippen LogP contribution >= 0.6 is 11.3 Å². The number of ether oxygens (including phenoxy) is 1. The van der Waals surface area contributed by atoms with E-state index in [-0.39, 0.29) is 12.0 Å². The molecule has 0 saturated heterocycles. The van der Waals surface area contributed by atoms with E-state index in [1.54, 1.807) is 6.92 Å². The van der Waals surface area contributed by atoms with E-state index in [2.05, 4.69) is 22.9 Å². The molecule has 0 N–H and O–H groups in total. The molecule has 126 valence electrons. The topological polar surface area (TPSA) is 55.6 Å². The average molecular weight is 344 g/mol. The first-order chi connectivity index (χ1) is 11.6. The number of aromatic nitrogens is 1. The van der Waals surface area contributed by atoms with Crippen molar-refractivity contribution in [2.75, 3.05) is 13.7 Å². The van der Waals surface area contributed by atoms with Crippen LogP contribution in [-0.4, -0.2) is 29.5 Å². The number of nitrogens with zero attached hydrogens (tertiary/aromatic N) is 2. The maximum Gasteiger partial charge on any atom is 0.367 e. The Hall–Kier alpha value is -2.18. The standard InChI is InChI=1S/C18H20N2O3S/c1-4-22-18(21)17-19-14(11-24-17)10-20(3)12(2)16-9-13-7-5-6-8-15(13)23-16/h5-9,11-12H,4,10H2,1-3H3. The van der Waals surface area contributed by atoms with Crippen molar-refractivity contribution in [3.8, 4) is 0 Å². The third kappa shape index (κ3) is 3.49. The average Bonchev–Trinajstić information content (AvgIpc) is 3.20. The van der Waals surface area contributed by atoms with Gasteiger partial charge in [-0.1, -0.05) is 18.2 Å². The van der Waals surface area contributed by atoms with Crippen LogP contribution < -0.4 is 0 Å². The predicted molar refractivity (Wildman–Crippen MR) is 94.2 cm³/mol. The molecule has 1 aromatic carbocycles. The molecule has 5 nitrogen and oxygen atoms in total. The maximum absolute atomic E-state index is 11.7. The first-order valence-corrected chi connectivity index (χ1v) is 8.76. The fourth-order valence-corrected chi connectivity index (χ4v) is 3.18. The van der Waals surface area contributed by atoms with E-state index in [0.29, 0.717) is 18.2 Å². The minimum atomic E-state index is -0.360. The van der Waals surface area contributed by atoms with Gasteiger partial charge in [0.15, 0.2) is 0 Å². The number of thiazole rings is 1. The van der Waals surface area contributed by atoms with Gasteiger partial charge in [0.25, 0.3) is 0 Å². The molecule has 0 saturated carbocycles. The number of carbonyl (C=O) groups excluding carboxylic acids is 1. The fraction of sp³-hybridized carbons (Fsp3) is 0.333. The number of benzene rings is 1. The van der Waals surface area contributed by atoms with Gasteiger partial charge in [-0.3, -0.25) is 4.90 Å². The number of rotatable bonds is 6. The molecule has 0 spiro atoms. The molecule has 3 rings (SSSR count). The van der Waals surface area contributed by atoms with Crippen LogP contribution in [0.3, 0.4) is 0 Å². The molecule has 0 amide bonds. The second-order valence-corrected chi connectivity index (χ2v) is 6.50. The van der Waals surface area contributed by atoms with Crippen molar-refractivity contribution in [2.45, 2.75) is 26.4 Å². The van der Waals surface area contributed by atoms with E-state index in [4.69, 9.17) is 9.15 Å². The highest BCUT2D eigenvalue weighted by Gasteiger charge is 2.19. The van der Waals surface area contributed by atoms with Crippen LogP contribution in [0.4, 0.5) is 0 Å². The Labute approximate surface area is 144 Å². The Kier molecular flexibility index (Phi) is 4.97. The molecule has 0 bridgehead atoms. The highest BCUT2D eigenvalue weighted by atomic mass is 32.1. The van der Waals surface area contributed by atoms with Crippen molar-refractivity contribution in [1.29, 1.82) is 0 Å². The maximum atomic E-state index is 11.7. The van der Waals surface area contributed by atoms with Crippen LogP contribution in [0.25, 0.3) is 11.0 Å². The van der Waals surface area contributed by atoms with Crippen LogP contribution in [0.1, 0.15) is 41.1 Å². The third-order valence-corrected chi connectivity index (χ3v) is 4.80. The predicted octanol–water partition coefficient (Wildman–Crippen LogP) is 4.26. The van der Waals surface area contributed by atoms with Crippen LogP contribution in [0.2, 0.25) is 0 Å². The van der Waals surface area contributed by atoms with Crippen molar-refractivity contribution < 1.29 is 13.9 Å². The lowest BCUT2D eigenvalue weighted by Gasteiger charge is -2.21. The number of esters is 1. The molecule has 0 aliphatic carbocycles. The lowest BCUT2D eigenvalue weighted by molar-refractivity contribution is 0.0525. The van der Waals surface area contributed by atoms with Crippen molar-refractivity contribution in [3.63, 3.8) is 0 Å². The second-order valence-electron chi connectivity index (χ2n) is 5.64. The summed E-state index contributed by atoms with van der Waals surface area (Å²) in [7, 11) is 2.02. The highest BCUT2D eigenvalue weighted by Crippen LogP contribution is 2.27. The molecular weight excluding hydrogens is 324 g/mol.